The van der Waals surface area contributed by atoms with Crippen molar-refractivity contribution in [2.24, 2.45) is 11.8 Å². The molecule has 0 aromatic rings. The van der Waals surface area contributed by atoms with Crippen molar-refractivity contribution in [3.05, 3.63) is 0 Å². The number of carbonyl (C=O) groups is 1. The van der Waals surface area contributed by atoms with Crippen LogP contribution in [0.4, 0.5) is 0 Å². The second-order valence-electron chi connectivity index (χ2n) is 3.81. The van der Waals surface area contributed by atoms with E-state index in [-0.39, 0.29) is 11.9 Å². The van der Waals surface area contributed by atoms with Crippen molar-refractivity contribution in [1.29, 1.82) is 0 Å². The fraction of sp³-hybridized carbons (Fsp3) is 0.889. The lowest BCUT2D eigenvalue weighted by molar-refractivity contribution is -0.147. The number of esters is 1. The predicted molar refractivity (Wildman–Crippen MR) is 44.6 cm³/mol. The minimum Gasteiger partial charge on any atom is -0.469 e. The first-order valence-electron chi connectivity index (χ1n) is 4.62. The number of ether oxygens (including phenoxy) is 1. The van der Waals surface area contributed by atoms with Gasteiger partial charge in [-0.15, -0.1) is 0 Å². The first-order chi connectivity index (χ1) is 5.81. The van der Waals surface area contributed by atoms with E-state index in [1.54, 1.807) is 0 Å². The fourth-order valence-electron chi connectivity index (χ4n) is 2.45. The van der Waals surface area contributed by atoms with Crippen LogP contribution in [0.3, 0.4) is 0 Å². The summed E-state index contributed by atoms with van der Waals surface area (Å²) in [7, 11) is 1.48. The van der Waals surface area contributed by atoms with Gasteiger partial charge in [0.05, 0.1) is 13.0 Å². The van der Waals surface area contributed by atoms with Gasteiger partial charge in [0.1, 0.15) is 0 Å². The Balaban J connectivity index is 2.02. The highest BCUT2D eigenvalue weighted by molar-refractivity contribution is 5.73. The molecule has 0 radical (unpaired) electrons. The van der Waals surface area contributed by atoms with E-state index in [1.807, 2.05) is 0 Å². The Morgan fingerprint density at radius 3 is 3.08 bits per heavy atom. The van der Waals surface area contributed by atoms with E-state index in [9.17, 15) is 4.79 Å². The number of rotatable bonds is 1. The lowest BCUT2D eigenvalue weighted by Gasteiger charge is -2.27. The third-order valence-corrected chi connectivity index (χ3v) is 3.17. The lowest BCUT2D eigenvalue weighted by atomic mass is 9.88. The van der Waals surface area contributed by atoms with E-state index in [1.165, 1.54) is 26.4 Å². The molecule has 0 aromatic heterocycles. The first kappa shape index (κ1) is 8.05. The van der Waals surface area contributed by atoms with E-state index in [2.05, 4.69) is 5.32 Å². The zero-order chi connectivity index (χ0) is 8.55. The van der Waals surface area contributed by atoms with Crippen LogP contribution in [-0.2, 0) is 9.53 Å². The Bertz CT molecular complexity index is 193. The van der Waals surface area contributed by atoms with Crippen molar-refractivity contribution in [3.63, 3.8) is 0 Å². The van der Waals surface area contributed by atoms with Gasteiger partial charge < -0.3 is 10.1 Å². The highest BCUT2D eigenvalue weighted by Crippen LogP contribution is 2.35. The van der Waals surface area contributed by atoms with Crippen LogP contribution in [0.1, 0.15) is 19.3 Å². The van der Waals surface area contributed by atoms with Gasteiger partial charge in [-0.2, -0.15) is 0 Å². The summed E-state index contributed by atoms with van der Waals surface area (Å²) in [5.74, 6) is 0.672. The molecule has 0 spiro atoms. The largest absolute Gasteiger partial charge is 0.469 e. The number of carbonyl (C=O) groups excluding carboxylic acids is 1. The summed E-state index contributed by atoms with van der Waals surface area (Å²) >= 11 is 0. The number of fused-ring (bicyclic) bond motifs is 2. The SMILES string of the molecule is COC(=O)[C@@H]1CN[C@@H]2CC[C@H]1C2. The van der Waals surface area contributed by atoms with Crippen molar-refractivity contribution < 1.29 is 9.53 Å². The van der Waals surface area contributed by atoms with Crippen LogP contribution >= 0.6 is 0 Å². The van der Waals surface area contributed by atoms with Crippen LogP contribution in [0, 0.1) is 11.8 Å². The van der Waals surface area contributed by atoms with Gasteiger partial charge in [-0.05, 0) is 25.2 Å². The lowest BCUT2D eigenvalue weighted by Crippen LogP contribution is -2.42. The van der Waals surface area contributed by atoms with E-state index in [4.69, 9.17) is 4.74 Å². The monoisotopic (exact) mass is 169 g/mol. The van der Waals surface area contributed by atoms with Gasteiger partial charge >= 0.3 is 5.97 Å². The van der Waals surface area contributed by atoms with Gasteiger partial charge in [-0.1, -0.05) is 0 Å². The van der Waals surface area contributed by atoms with Crippen LogP contribution in [0.2, 0.25) is 0 Å². The van der Waals surface area contributed by atoms with Crippen molar-refractivity contribution in [3.8, 4) is 0 Å². The van der Waals surface area contributed by atoms with Crippen molar-refractivity contribution in [1.82, 2.24) is 5.32 Å². The normalized spacial score (nSPS) is 39.6. The summed E-state index contributed by atoms with van der Waals surface area (Å²) in [5, 5.41) is 3.37. The van der Waals surface area contributed by atoms with E-state index < -0.39 is 0 Å². The smallest absolute Gasteiger partial charge is 0.310 e. The molecule has 3 heteroatoms. The molecule has 2 rings (SSSR count). The number of hydrogen-bond donors (Lipinski definition) is 1. The molecule has 2 aliphatic rings. The highest BCUT2D eigenvalue weighted by Gasteiger charge is 2.39. The van der Waals surface area contributed by atoms with E-state index >= 15 is 0 Å². The molecule has 3 nitrogen and oxygen atoms in total. The molecular weight excluding hydrogens is 154 g/mol. The van der Waals surface area contributed by atoms with Gasteiger partial charge in [0, 0.05) is 12.6 Å². The molecule has 2 fully saturated rings. The van der Waals surface area contributed by atoms with Crippen LogP contribution in [-0.4, -0.2) is 25.7 Å². The first-order valence-corrected chi connectivity index (χ1v) is 4.62. The quantitative estimate of drug-likeness (QED) is 0.582. The summed E-state index contributed by atoms with van der Waals surface area (Å²) in [5.41, 5.74) is 0. The molecule has 0 amide bonds. The average molecular weight is 169 g/mol. The molecule has 1 aliphatic carbocycles. The minimum atomic E-state index is -0.0344. The molecular formula is C9H15NO2. The zero-order valence-corrected chi connectivity index (χ0v) is 7.38. The maximum atomic E-state index is 11.3. The molecule has 1 N–H and O–H groups in total. The van der Waals surface area contributed by atoms with Crippen molar-refractivity contribution in [2.75, 3.05) is 13.7 Å². The highest BCUT2D eigenvalue weighted by atomic mass is 16.5. The van der Waals surface area contributed by atoms with Crippen molar-refractivity contribution in [2.45, 2.75) is 25.3 Å². The Kier molecular flexibility index (Phi) is 2.05. The van der Waals surface area contributed by atoms with Gasteiger partial charge in [0.15, 0.2) is 0 Å². The van der Waals surface area contributed by atoms with Gasteiger partial charge in [-0.25, -0.2) is 0 Å². The number of nitrogens with one attached hydrogen (secondary N) is 1. The maximum Gasteiger partial charge on any atom is 0.310 e. The maximum absolute atomic E-state index is 11.3. The molecule has 0 aromatic carbocycles. The number of hydrogen-bond acceptors (Lipinski definition) is 3. The van der Waals surface area contributed by atoms with Crippen molar-refractivity contribution >= 4 is 5.97 Å². The number of methoxy groups -OCH3 is 1. The Morgan fingerprint density at radius 2 is 2.33 bits per heavy atom. The third kappa shape index (κ3) is 1.22. The summed E-state index contributed by atoms with van der Waals surface area (Å²) < 4.78 is 4.76. The van der Waals surface area contributed by atoms with Gasteiger partial charge in [0.25, 0.3) is 0 Å². The molecule has 1 aliphatic heterocycles. The third-order valence-electron chi connectivity index (χ3n) is 3.17. The Morgan fingerprint density at radius 1 is 1.50 bits per heavy atom. The zero-order valence-electron chi connectivity index (χ0n) is 7.38. The van der Waals surface area contributed by atoms with E-state index in [0.717, 1.165) is 6.54 Å². The predicted octanol–water partition coefficient (Wildman–Crippen LogP) is 0.547. The molecule has 1 heterocycles. The van der Waals surface area contributed by atoms with Crippen LogP contribution in [0.15, 0.2) is 0 Å². The number of piperidine rings is 1. The van der Waals surface area contributed by atoms with Crippen LogP contribution in [0.25, 0.3) is 0 Å². The Hall–Kier alpha value is -0.570. The van der Waals surface area contributed by atoms with Gasteiger partial charge in [0.2, 0.25) is 0 Å². The summed E-state index contributed by atoms with van der Waals surface area (Å²) in [6, 6.07) is 0.677. The molecule has 1 saturated carbocycles. The van der Waals surface area contributed by atoms with Crippen LogP contribution < -0.4 is 5.32 Å². The van der Waals surface area contributed by atoms with E-state index in [0.29, 0.717) is 12.0 Å². The average Bonchev–Trinajstić information content (AvgIpc) is 2.47. The summed E-state index contributed by atoms with van der Waals surface area (Å²) in [6.07, 6.45) is 3.59. The molecule has 12 heavy (non-hydrogen) atoms. The molecule has 1 saturated heterocycles. The second kappa shape index (κ2) is 3.05. The fourth-order valence-corrected chi connectivity index (χ4v) is 2.45. The molecule has 0 unspecified atom stereocenters. The topological polar surface area (TPSA) is 38.3 Å². The molecule has 3 atom stereocenters. The summed E-state index contributed by atoms with van der Waals surface area (Å²) in [6.45, 7) is 0.821. The summed E-state index contributed by atoms with van der Waals surface area (Å²) in [4.78, 5) is 11.3. The standard InChI is InChI=1S/C9H15NO2/c1-12-9(11)8-5-10-7-3-2-6(8)4-7/h6-8,10H,2-5H2,1H3/t6-,7+,8+/m0/s1. The van der Waals surface area contributed by atoms with Gasteiger partial charge in [-0.3, -0.25) is 4.79 Å². The van der Waals surface area contributed by atoms with Crippen LogP contribution in [0.5, 0.6) is 0 Å². The second-order valence-corrected chi connectivity index (χ2v) is 3.81. The molecule has 2 bridgehead atoms. The Labute approximate surface area is 72.5 Å². The molecule has 68 valence electrons. The minimum absolute atomic E-state index is 0.0344.